The van der Waals surface area contributed by atoms with Gasteiger partial charge in [0, 0.05) is 24.8 Å². The number of imidazole rings is 1. The number of benzene rings is 1. The van der Waals surface area contributed by atoms with Gasteiger partial charge in [0.2, 0.25) is 5.91 Å². The summed E-state index contributed by atoms with van der Waals surface area (Å²) in [6, 6.07) is 8.33. The second-order valence-corrected chi connectivity index (χ2v) is 9.17. The number of carbonyl (C=O) groups is 1. The number of ether oxygens (including phenoxy) is 1. The van der Waals surface area contributed by atoms with E-state index in [1.54, 1.807) is 47.0 Å². The van der Waals surface area contributed by atoms with Gasteiger partial charge in [0.25, 0.3) is 0 Å². The van der Waals surface area contributed by atoms with E-state index in [1.165, 1.54) is 6.08 Å². The van der Waals surface area contributed by atoms with E-state index in [1.807, 2.05) is 13.0 Å². The average Bonchev–Trinajstić information content (AvgIpc) is 3.52. The van der Waals surface area contributed by atoms with Crippen LogP contribution in [0.25, 0.3) is 22.3 Å². The number of aliphatic hydroxyl groups is 1. The fourth-order valence-corrected chi connectivity index (χ4v) is 4.83. The Morgan fingerprint density at radius 3 is 2.79 bits per heavy atom. The molecular weight excluding hydrogens is 496 g/mol. The monoisotopic (exact) mass is 523 g/mol. The molecule has 0 saturated carbocycles. The normalized spacial score (nSPS) is 18.6. The molecular formula is C26H27F2N7O3. The smallest absolute Gasteiger partial charge is 0.320 e. The number of amides is 1. The molecule has 1 aliphatic rings. The highest BCUT2D eigenvalue weighted by molar-refractivity contribution is 5.88. The first-order chi connectivity index (χ1) is 18.3. The van der Waals surface area contributed by atoms with E-state index < -0.39 is 18.8 Å². The number of aliphatic hydroxyl groups excluding tert-OH is 1. The van der Waals surface area contributed by atoms with Gasteiger partial charge in [0.05, 0.1) is 29.1 Å². The van der Waals surface area contributed by atoms with Gasteiger partial charge in [-0.05, 0) is 50.6 Å². The standard InChI is InChI=1S/C26H27F2N7O3/c1-4-23(37)33-10-8-20(21(36)13-33)35-15(2)24(31-32-35)17-11-19-25(34(14-30-19)26(27)28)22(12-17)38-16(3)18-7-5-6-9-29-18/h4-7,9,11-12,14,16,20-21,26,36H,1,8,10,13H2,2-3H3/t16?,20-,21+/m0/s1. The minimum Gasteiger partial charge on any atom is -0.482 e. The molecule has 3 atom stereocenters. The molecule has 198 valence electrons. The topological polar surface area (TPSA) is 111 Å². The summed E-state index contributed by atoms with van der Waals surface area (Å²) >= 11 is 0. The van der Waals surface area contributed by atoms with Crippen LogP contribution in [-0.2, 0) is 4.79 Å². The fraction of sp³-hybridized carbons (Fsp3) is 0.346. The number of halogens is 2. The van der Waals surface area contributed by atoms with Crippen molar-refractivity contribution in [2.45, 2.75) is 45.1 Å². The van der Waals surface area contributed by atoms with Crippen LogP contribution in [0.3, 0.4) is 0 Å². The van der Waals surface area contributed by atoms with Crippen LogP contribution in [0.5, 0.6) is 5.75 Å². The molecule has 1 unspecified atom stereocenters. The molecule has 0 radical (unpaired) electrons. The molecule has 0 aliphatic carbocycles. The number of hydrogen-bond donors (Lipinski definition) is 1. The van der Waals surface area contributed by atoms with Crippen LogP contribution in [0.1, 0.15) is 43.4 Å². The Kier molecular flexibility index (Phi) is 6.89. The molecule has 1 fully saturated rings. The van der Waals surface area contributed by atoms with Crippen molar-refractivity contribution < 1.29 is 23.4 Å². The van der Waals surface area contributed by atoms with Crippen LogP contribution in [0.2, 0.25) is 0 Å². The van der Waals surface area contributed by atoms with Crippen molar-refractivity contribution in [3.63, 3.8) is 0 Å². The molecule has 1 aromatic carbocycles. The van der Waals surface area contributed by atoms with Gasteiger partial charge in [-0.3, -0.25) is 14.3 Å². The van der Waals surface area contributed by atoms with E-state index in [0.717, 1.165) is 10.9 Å². The molecule has 0 spiro atoms. The Morgan fingerprint density at radius 1 is 1.29 bits per heavy atom. The highest BCUT2D eigenvalue weighted by atomic mass is 19.3. The number of hydrogen-bond acceptors (Lipinski definition) is 7. The van der Waals surface area contributed by atoms with Crippen molar-refractivity contribution >= 4 is 16.9 Å². The van der Waals surface area contributed by atoms with Crippen LogP contribution in [0.15, 0.2) is 55.5 Å². The Balaban J connectivity index is 1.51. The molecule has 1 amide bonds. The summed E-state index contributed by atoms with van der Waals surface area (Å²) in [6.07, 6.45) is 3.06. The van der Waals surface area contributed by atoms with Crippen LogP contribution in [0.4, 0.5) is 8.78 Å². The van der Waals surface area contributed by atoms with Gasteiger partial charge in [0.15, 0.2) is 0 Å². The summed E-state index contributed by atoms with van der Waals surface area (Å²) in [5.74, 6) is -0.0267. The van der Waals surface area contributed by atoms with Gasteiger partial charge < -0.3 is 14.7 Å². The average molecular weight is 524 g/mol. The van der Waals surface area contributed by atoms with Gasteiger partial charge in [-0.1, -0.05) is 17.9 Å². The van der Waals surface area contributed by atoms with Crippen molar-refractivity contribution in [2.75, 3.05) is 13.1 Å². The van der Waals surface area contributed by atoms with Gasteiger partial charge in [0.1, 0.15) is 29.4 Å². The number of pyridine rings is 1. The maximum Gasteiger partial charge on any atom is 0.320 e. The lowest BCUT2D eigenvalue weighted by Gasteiger charge is -2.35. The number of likely N-dealkylation sites (tertiary alicyclic amines) is 1. The molecule has 4 aromatic rings. The summed E-state index contributed by atoms with van der Waals surface area (Å²) in [5.41, 5.74) is 2.88. The predicted octanol–water partition coefficient (Wildman–Crippen LogP) is 3.85. The molecule has 5 rings (SSSR count). The zero-order valence-corrected chi connectivity index (χ0v) is 20.9. The summed E-state index contributed by atoms with van der Waals surface area (Å²) in [6.45, 7) is 4.91. The van der Waals surface area contributed by atoms with E-state index in [4.69, 9.17) is 4.74 Å². The summed E-state index contributed by atoms with van der Waals surface area (Å²) in [7, 11) is 0. The molecule has 1 aliphatic heterocycles. The number of β-amino-alcohol motifs (C(OH)–C–C–N with tert-alkyl or cyclic N) is 1. The molecule has 4 heterocycles. The number of carbonyl (C=O) groups excluding carboxylic acids is 1. The molecule has 0 bridgehead atoms. The number of rotatable bonds is 7. The van der Waals surface area contributed by atoms with Gasteiger partial charge in [-0.15, -0.1) is 5.10 Å². The maximum absolute atomic E-state index is 13.8. The van der Waals surface area contributed by atoms with Crippen LogP contribution >= 0.6 is 0 Å². The highest BCUT2D eigenvalue weighted by Gasteiger charge is 2.33. The predicted molar refractivity (Wildman–Crippen MR) is 134 cm³/mol. The summed E-state index contributed by atoms with van der Waals surface area (Å²) in [4.78, 5) is 22.0. The number of aromatic nitrogens is 6. The van der Waals surface area contributed by atoms with Crippen molar-refractivity contribution in [1.29, 1.82) is 0 Å². The van der Waals surface area contributed by atoms with E-state index in [0.29, 0.717) is 41.1 Å². The molecule has 1 saturated heterocycles. The fourth-order valence-electron chi connectivity index (χ4n) is 4.83. The Hall–Kier alpha value is -4.19. The van der Waals surface area contributed by atoms with Gasteiger partial charge >= 0.3 is 6.55 Å². The van der Waals surface area contributed by atoms with Gasteiger partial charge in [-0.25, -0.2) is 9.67 Å². The molecule has 3 aromatic heterocycles. The highest BCUT2D eigenvalue weighted by Crippen LogP contribution is 2.37. The van der Waals surface area contributed by atoms with E-state index in [2.05, 4.69) is 26.9 Å². The quantitative estimate of drug-likeness (QED) is 0.366. The van der Waals surface area contributed by atoms with Crippen LogP contribution in [-0.4, -0.2) is 64.6 Å². The first-order valence-electron chi connectivity index (χ1n) is 12.2. The molecule has 38 heavy (non-hydrogen) atoms. The largest absolute Gasteiger partial charge is 0.482 e. The third-order valence-corrected chi connectivity index (χ3v) is 6.80. The molecule has 1 N–H and O–H groups in total. The number of alkyl halides is 2. The summed E-state index contributed by atoms with van der Waals surface area (Å²) in [5, 5.41) is 19.4. The zero-order chi connectivity index (χ0) is 27.0. The van der Waals surface area contributed by atoms with Crippen molar-refractivity contribution in [3.8, 4) is 17.0 Å². The lowest BCUT2D eigenvalue weighted by molar-refractivity contribution is -0.130. The number of piperidine rings is 1. The third kappa shape index (κ3) is 4.62. The van der Waals surface area contributed by atoms with Crippen LogP contribution < -0.4 is 4.74 Å². The van der Waals surface area contributed by atoms with Crippen molar-refractivity contribution in [1.82, 2.24) is 34.4 Å². The molecule has 10 nitrogen and oxygen atoms in total. The number of nitrogens with zero attached hydrogens (tertiary/aromatic N) is 7. The maximum atomic E-state index is 13.8. The first kappa shape index (κ1) is 25.5. The number of fused-ring (bicyclic) bond motifs is 1. The van der Waals surface area contributed by atoms with Crippen molar-refractivity contribution in [2.24, 2.45) is 0 Å². The minimum absolute atomic E-state index is 0.157. The first-order valence-corrected chi connectivity index (χ1v) is 12.2. The van der Waals surface area contributed by atoms with E-state index in [9.17, 15) is 18.7 Å². The van der Waals surface area contributed by atoms with E-state index in [-0.39, 0.29) is 29.8 Å². The van der Waals surface area contributed by atoms with Crippen LogP contribution in [0, 0.1) is 6.92 Å². The Bertz CT molecular complexity index is 1470. The summed E-state index contributed by atoms with van der Waals surface area (Å²) < 4.78 is 36.1. The lowest BCUT2D eigenvalue weighted by Crippen LogP contribution is -2.47. The van der Waals surface area contributed by atoms with Crippen molar-refractivity contribution in [3.05, 3.63) is 66.9 Å². The third-order valence-electron chi connectivity index (χ3n) is 6.80. The Morgan fingerprint density at radius 2 is 2.11 bits per heavy atom. The lowest BCUT2D eigenvalue weighted by atomic mass is 10.0. The zero-order valence-electron chi connectivity index (χ0n) is 20.9. The van der Waals surface area contributed by atoms with E-state index >= 15 is 0 Å². The van der Waals surface area contributed by atoms with Gasteiger partial charge in [-0.2, -0.15) is 8.78 Å². The second kappa shape index (κ2) is 10.3. The second-order valence-electron chi connectivity index (χ2n) is 9.17. The minimum atomic E-state index is -2.80. The SMILES string of the molecule is C=CC(=O)N1CC[C@H](n2nnc(-c3cc(OC(C)c4ccccn4)c4c(c3)ncn4C(F)F)c2C)[C@H](O)C1. The molecule has 12 heteroatoms. The Labute approximate surface area is 217 Å².